The zero-order valence-electron chi connectivity index (χ0n) is 6.32. The molecule has 0 aliphatic rings. The SMILES string of the molecule is O=c1[nH]c(=O)n(F)c2ccncc12. The van der Waals surface area contributed by atoms with E-state index in [-0.39, 0.29) is 15.7 Å². The van der Waals surface area contributed by atoms with Crippen LogP contribution in [-0.2, 0) is 0 Å². The Hall–Kier alpha value is -1.98. The van der Waals surface area contributed by atoms with Gasteiger partial charge in [0.05, 0.1) is 10.9 Å². The number of rotatable bonds is 0. The monoisotopic (exact) mass is 181 g/mol. The van der Waals surface area contributed by atoms with Gasteiger partial charge in [0.2, 0.25) is 0 Å². The second-order valence-electron chi connectivity index (χ2n) is 2.43. The molecular formula is C7H4FN3O2. The summed E-state index contributed by atoms with van der Waals surface area (Å²) in [5.74, 6) is 0. The summed E-state index contributed by atoms with van der Waals surface area (Å²) in [4.78, 5) is 27.2. The van der Waals surface area contributed by atoms with Crippen LogP contribution >= 0.6 is 0 Å². The molecule has 0 atom stereocenters. The van der Waals surface area contributed by atoms with Gasteiger partial charge < -0.3 is 0 Å². The van der Waals surface area contributed by atoms with E-state index in [2.05, 4.69) is 4.98 Å². The third kappa shape index (κ3) is 1.03. The van der Waals surface area contributed by atoms with Gasteiger partial charge in [-0.25, -0.2) is 4.79 Å². The molecule has 2 aromatic rings. The van der Waals surface area contributed by atoms with Crippen molar-refractivity contribution in [3.63, 3.8) is 0 Å². The van der Waals surface area contributed by atoms with Crippen LogP contribution in [0.2, 0.25) is 0 Å². The van der Waals surface area contributed by atoms with Gasteiger partial charge in [-0.05, 0) is 6.07 Å². The first kappa shape index (κ1) is 7.66. The van der Waals surface area contributed by atoms with Crippen molar-refractivity contribution >= 4 is 10.9 Å². The number of aromatic amines is 1. The van der Waals surface area contributed by atoms with Crippen LogP contribution in [0.1, 0.15) is 0 Å². The Kier molecular flexibility index (Phi) is 1.48. The van der Waals surface area contributed by atoms with Crippen LogP contribution in [-0.4, -0.2) is 14.8 Å². The second-order valence-corrected chi connectivity index (χ2v) is 2.43. The number of aromatic nitrogens is 3. The van der Waals surface area contributed by atoms with Gasteiger partial charge in [-0.2, -0.15) is 0 Å². The van der Waals surface area contributed by atoms with E-state index in [1.807, 2.05) is 4.98 Å². The molecule has 0 fully saturated rings. The Labute approximate surface area is 70.4 Å². The van der Waals surface area contributed by atoms with Crippen LogP contribution in [0.15, 0.2) is 28.0 Å². The lowest BCUT2D eigenvalue weighted by atomic mass is 10.3. The Balaban J connectivity index is 3.15. The molecule has 0 unspecified atom stereocenters. The molecule has 0 aliphatic carbocycles. The zero-order valence-corrected chi connectivity index (χ0v) is 6.32. The number of fused-ring (bicyclic) bond motifs is 1. The lowest BCUT2D eigenvalue weighted by Crippen LogP contribution is -2.26. The number of hydrogen-bond donors (Lipinski definition) is 1. The van der Waals surface area contributed by atoms with Gasteiger partial charge in [0, 0.05) is 12.4 Å². The predicted molar refractivity (Wildman–Crippen MR) is 43.1 cm³/mol. The molecule has 2 rings (SSSR count). The summed E-state index contributed by atoms with van der Waals surface area (Å²) in [6.45, 7) is 0. The molecule has 0 aliphatic heterocycles. The van der Waals surface area contributed by atoms with Crippen LogP contribution < -0.4 is 11.2 Å². The minimum Gasteiger partial charge on any atom is -0.271 e. The van der Waals surface area contributed by atoms with E-state index >= 15 is 0 Å². The Morgan fingerprint density at radius 3 is 3.00 bits per heavy atom. The molecule has 5 nitrogen and oxygen atoms in total. The molecule has 0 aromatic carbocycles. The molecule has 0 saturated carbocycles. The van der Waals surface area contributed by atoms with Crippen LogP contribution in [0.3, 0.4) is 0 Å². The summed E-state index contributed by atoms with van der Waals surface area (Å²) in [5.41, 5.74) is -1.80. The van der Waals surface area contributed by atoms with Gasteiger partial charge in [0.15, 0.2) is 0 Å². The number of hydrogen-bond acceptors (Lipinski definition) is 3. The minimum absolute atomic E-state index is 0.0459. The average Bonchev–Trinajstić information content (AvgIpc) is 2.15. The zero-order chi connectivity index (χ0) is 9.42. The van der Waals surface area contributed by atoms with Gasteiger partial charge in [-0.15, -0.1) is 4.79 Å². The predicted octanol–water partition coefficient (Wildman–Crippen LogP) is -0.183. The fourth-order valence-electron chi connectivity index (χ4n) is 1.06. The molecular weight excluding hydrogens is 177 g/mol. The van der Waals surface area contributed by atoms with Crippen molar-refractivity contribution in [3.05, 3.63) is 39.3 Å². The topological polar surface area (TPSA) is 67.8 Å². The number of nitrogens with one attached hydrogen (secondary N) is 1. The first-order valence-corrected chi connectivity index (χ1v) is 3.45. The molecule has 0 saturated heterocycles. The molecule has 2 aromatic heterocycles. The third-order valence-electron chi connectivity index (χ3n) is 1.65. The molecule has 0 amide bonds. The quantitative estimate of drug-likeness (QED) is 0.612. The van der Waals surface area contributed by atoms with Crippen molar-refractivity contribution in [1.82, 2.24) is 14.8 Å². The summed E-state index contributed by atoms with van der Waals surface area (Å²) < 4.78 is 13.0. The maximum Gasteiger partial charge on any atom is 0.357 e. The number of halogens is 1. The fourth-order valence-corrected chi connectivity index (χ4v) is 1.06. The highest BCUT2D eigenvalue weighted by Crippen LogP contribution is 2.03. The van der Waals surface area contributed by atoms with E-state index < -0.39 is 11.2 Å². The summed E-state index contributed by atoms with van der Waals surface area (Å²) in [6.07, 6.45) is 2.50. The fraction of sp³-hybridized carbons (Fsp3) is 0. The number of nitrogens with zero attached hydrogens (tertiary/aromatic N) is 2. The highest BCUT2D eigenvalue weighted by atomic mass is 19.2. The smallest absolute Gasteiger partial charge is 0.271 e. The van der Waals surface area contributed by atoms with Crippen LogP contribution in [0.5, 0.6) is 0 Å². The first-order valence-electron chi connectivity index (χ1n) is 3.45. The number of pyridine rings is 1. The summed E-state index contributed by atoms with van der Waals surface area (Å²) in [6, 6.07) is 1.26. The summed E-state index contributed by atoms with van der Waals surface area (Å²) >= 11 is 0. The molecule has 2 heterocycles. The second kappa shape index (κ2) is 2.51. The van der Waals surface area contributed by atoms with Gasteiger partial charge in [0.1, 0.15) is 0 Å². The highest BCUT2D eigenvalue weighted by Gasteiger charge is 2.05. The van der Waals surface area contributed by atoms with E-state index in [9.17, 15) is 14.1 Å². The standard InChI is InChI=1S/C7H4FN3O2/c8-11-5-1-2-9-3-4(5)6(12)10-7(11)13/h1-3H,(H,10,12,13). The normalized spacial score (nSPS) is 10.5. The van der Waals surface area contributed by atoms with Crippen LogP contribution in [0.4, 0.5) is 4.48 Å². The summed E-state index contributed by atoms with van der Waals surface area (Å²) in [7, 11) is 0. The van der Waals surface area contributed by atoms with Crippen molar-refractivity contribution in [2.45, 2.75) is 0 Å². The van der Waals surface area contributed by atoms with Gasteiger partial charge in [-0.1, -0.05) is 4.48 Å². The Morgan fingerprint density at radius 1 is 1.46 bits per heavy atom. The van der Waals surface area contributed by atoms with Gasteiger partial charge in [0.25, 0.3) is 5.56 Å². The van der Waals surface area contributed by atoms with Gasteiger partial charge >= 0.3 is 5.69 Å². The Morgan fingerprint density at radius 2 is 2.23 bits per heavy atom. The Bertz CT molecular complexity index is 572. The van der Waals surface area contributed by atoms with Crippen LogP contribution in [0.25, 0.3) is 10.9 Å². The largest absolute Gasteiger partial charge is 0.357 e. The van der Waals surface area contributed by atoms with E-state index in [0.29, 0.717) is 0 Å². The van der Waals surface area contributed by atoms with E-state index in [0.717, 1.165) is 0 Å². The molecule has 13 heavy (non-hydrogen) atoms. The van der Waals surface area contributed by atoms with E-state index in [4.69, 9.17) is 0 Å². The maximum absolute atomic E-state index is 13.0. The van der Waals surface area contributed by atoms with E-state index in [1.54, 1.807) is 0 Å². The minimum atomic E-state index is -1.08. The van der Waals surface area contributed by atoms with Crippen molar-refractivity contribution in [2.24, 2.45) is 0 Å². The van der Waals surface area contributed by atoms with Crippen molar-refractivity contribution in [1.29, 1.82) is 0 Å². The molecule has 0 radical (unpaired) electrons. The van der Waals surface area contributed by atoms with Gasteiger partial charge in [-0.3, -0.25) is 14.8 Å². The lowest BCUT2D eigenvalue weighted by molar-refractivity contribution is 0.362. The third-order valence-corrected chi connectivity index (χ3v) is 1.65. The van der Waals surface area contributed by atoms with Crippen LogP contribution in [0, 0.1) is 0 Å². The average molecular weight is 181 g/mol. The molecule has 6 heteroatoms. The highest BCUT2D eigenvalue weighted by molar-refractivity contribution is 5.75. The molecule has 1 N–H and O–H groups in total. The molecule has 0 spiro atoms. The number of H-pyrrole nitrogens is 1. The lowest BCUT2D eigenvalue weighted by Gasteiger charge is -1.96. The maximum atomic E-state index is 13.0. The first-order chi connectivity index (χ1) is 6.20. The van der Waals surface area contributed by atoms with Crippen molar-refractivity contribution in [3.8, 4) is 0 Å². The van der Waals surface area contributed by atoms with E-state index in [1.165, 1.54) is 18.5 Å². The van der Waals surface area contributed by atoms with Crippen molar-refractivity contribution in [2.75, 3.05) is 0 Å². The summed E-state index contributed by atoms with van der Waals surface area (Å²) in [5, 5.41) is 0.0459. The molecule has 0 bridgehead atoms. The molecule has 66 valence electrons. The van der Waals surface area contributed by atoms with Crippen molar-refractivity contribution < 1.29 is 4.48 Å².